The largest absolute Gasteiger partial charge is 0.394 e. The minimum Gasteiger partial charge on any atom is -0.394 e. The van der Waals surface area contributed by atoms with E-state index in [-0.39, 0.29) is 12.5 Å². The van der Waals surface area contributed by atoms with Crippen LogP contribution in [0.5, 0.6) is 0 Å². The molecule has 2 atom stereocenters. The second kappa shape index (κ2) is 58.6. The Kier molecular flexibility index (Phi) is 55.4. The number of hydrogen-bond donors (Lipinski definition) is 3. The van der Waals surface area contributed by atoms with Gasteiger partial charge < -0.3 is 15.5 Å². The van der Waals surface area contributed by atoms with Gasteiger partial charge in [-0.3, -0.25) is 4.79 Å². The van der Waals surface area contributed by atoms with Gasteiger partial charge in [0.25, 0.3) is 0 Å². The van der Waals surface area contributed by atoms with Gasteiger partial charge in [-0.25, -0.2) is 0 Å². The summed E-state index contributed by atoms with van der Waals surface area (Å²) in [6, 6.07) is -0.657. The van der Waals surface area contributed by atoms with Crippen LogP contribution < -0.4 is 5.32 Å². The predicted molar refractivity (Wildman–Crippen MR) is 308 cm³/mol. The molecule has 4 nitrogen and oxygen atoms in total. The number of nitrogens with one attached hydrogen (secondary N) is 1. The zero-order chi connectivity index (χ0) is 49.9. The van der Waals surface area contributed by atoms with Gasteiger partial charge in [-0.1, -0.05) is 262 Å². The molecule has 0 aromatic rings. The highest BCUT2D eigenvalue weighted by atomic mass is 16.3. The van der Waals surface area contributed by atoms with Crippen LogP contribution in [0.15, 0.2) is 146 Å². The van der Waals surface area contributed by atoms with Gasteiger partial charge in [0, 0.05) is 6.42 Å². The van der Waals surface area contributed by atoms with Crippen LogP contribution in [0.25, 0.3) is 0 Å². The number of carbonyl (C=O) groups excluding carboxylic acids is 1. The van der Waals surface area contributed by atoms with Crippen LogP contribution >= 0.6 is 0 Å². The quantitative estimate of drug-likeness (QED) is 0.0420. The van der Waals surface area contributed by atoms with Crippen molar-refractivity contribution in [3.63, 3.8) is 0 Å². The Labute approximate surface area is 427 Å². The van der Waals surface area contributed by atoms with E-state index >= 15 is 0 Å². The molecule has 0 aliphatic heterocycles. The molecule has 69 heavy (non-hydrogen) atoms. The van der Waals surface area contributed by atoms with Crippen molar-refractivity contribution in [3.8, 4) is 0 Å². The molecule has 0 aromatic carbocycles. The third-order valence-corrected chi connectivity index (χ3v) is 12.0. The highest BCUT2D eigenvalue weighted by molar-refractivity contribution is 5.76. The molecule has 1 amide bonds. The minimum absolute atomic E-state index is 0.0871. The normalized spacial score (nSPS) is 14.0. The summed E-state index contributed by atoms with van der Waals surface area (Å²) in [6.45, 7) is 4.17. The van der Waals surface area contributed by atoms with Gasteiger partial charge in [0.15, 0.2) is 0 Å². The summed E-state index contributed by atoms with van der Waals surface area (Å²) in [6.07, 6.45) is 92.8. The van der Waals surface area contributed by atoms with Crippen molar-refractivity contribution >= 4 is 5.91 Å². The van der Waals surface area contributed by atoms with Crippen molar-refractivity contribution in [2.24, 2.45) is 0 Å². The highest BCUT2D eigenvalue weighted by Crippen LogP contribution is 2.14. The van der Waals surface area contributed by atoms with Crippen molar-refractivity contribution in [1.82, 2.24) is 5.32 Å². The lowest BCUT2D eigenvalue weighted by Gasteiger charge is -2.19. The average molecular weight is 951 g/mol. The number of allylic oxidation sites excluding steroid dienone is 23. The Morgan fingerprint density at radius 1 is 0.362 bits per heavy atom. The Hall–Kier alpha value is -3.73. The van der Waals surface area contributed by atoms with Gasteiger partial charge in [0.05, 0.1) is 18.8 Å². The molecule has 0 rings (SSSR count). The molecule has 3 N–H and O–H groups in total. The fraction of sp³-hybridized carbons (Fsp3) is 0.615. The lowest BCUT2D eigenvalue weighted by atomic mass is 10.0. The fourth-order valence-corrected chi connectivity index (χ4v) is 7.73. The Balaban J connectivity index is 3.64. The molecule has 2 unspecified atom stereocenters. The number of unbranched alkanes of at least 4 members (excludes halogenated alkanes) is 21. The summed E-state index contributed by atoms with van der Waals surface area (Å²) < 4.78 is 0. The molecule has 0 aliphatic carbocycles. The molecule has 0 saturated heterocycles. The van der Waals surface area contributed by atoms with Crippen molar-refractivity contribution in [3.05, 3.63) is 146 Å². The maximum Gasteiger partial charge on any atom is 0.220 e. The standard InChI is InChI=1S/C65H107NO3/c1-3-5-7-9-11-13-15-17-19-21-23-24-25-26-27-28-29-30-31-32-33-34-35-36-37-38-39-40-41-42-43-45-47-49-51-53-55-57-59-61-65(69)66-63(62-67)64(68)60-58-56-54-52-50-48-46-44-22-20-18-16-14-12-10-8-6-4-2/h5,7,11,13,17,19,22-24,26-27,29-30,32-33,35-36,38-39,44,50,52,58,60,63-64,67-68H,3-4,6,8-10,12,14-16,18,20-21,25,28,31,34,37,40-43,45-49,51,53-57,59,61-62H2,1-2H3,(H,66,69)/b7-5-,13-11-,19-17-,24-23-,27-26-,30-29-,33-32-,36-35-,39-38-,44-22+,52-50+,60-58+. The SMILES string of the molecule is CC/C=C\C/C=C\C/C=C\C/C=C\C/C=C\C/C=C\C/C=C\C/C=C\C/C=C\CCCCCCCCCCCCCC(=O)NC(CO)C(O)/C=C/CC/C=C/CC/C=C/CCCCCCCCCC. The maximum absolute atomic E-state index is 12.5. The highest BCUT2D eigenvalue weighted by Gasteiger charge is 2.17. The van der Waals surface area contributed by atoms with Crippen molar-refractivity contribution in [1.29, 1.82) is 0 Å². The van der Waals surface area contributed by atoms with E-state index in [2.05, 4.69) is 153 Å². The molecule has 0 saturated carbocycles. The van der Waals surface area contributed by atoms with Gasteiger partial charge in [-0.05, 0) is 116 Å². The van der Waals surface area contributed by atoms with Crippen LogP contribution in [-0.2, 0) is 4.79 Å². The van der Waals surface area contributed by atoms with E-state index in [9.17, 15) is 15.0 Å². The van der Waals surface area contributed by atoms with Gasteiger partial charge in [-0.15, -0.1) is 0 Å². The topological polar surface area (TPSA) is 69.6 Å². The molecule has 0 spiro atoms. The molecular formula is C65H107NO3. The molecule has 0 aliphatic rings. The number of aliphatic hydroxyl groups is 2. The minimum atomic E-state index is -0.881. The first kappa shape index (κ1) is 65.3. The Bertz CT molecular complexity index is 1450. The molecule has 0 aromatic heterocycles. The second-order valence-electron chi connectivity index (χ2n) is 18.6. The maximum atomic E-state index is 12.5. The molecule has 0 radical (unpaired) electrons. The van der Waals surface area contributed by atoms with E-state index in [1.165, 1.54) is 116 Å². The number of hydrogen-bond acceptors (Lipinski definition) is 3. The lowest BCUT2D eigenvalue weighted by Crippen LogP contribution is -2.45. The molecule has 0 heterocycles. The Morgan fingerprint density at radius 3 is 1.01 bits per heavy atom. The number of amides is 1. The molecule has 0 fully saturated rings. The molecule has 390 valence electrons. The van der Waals surface area contributed by atoms with Gasteiger partial charge in [0.1, 0.15) is 0 Å². The first-order chi connectivity index (χ1) is 34.2. The Morgan fingerprint density at radius 2 is 0.652 bits per heavy atom. The zero-order valence-corrected chi connectivity index (χ0v) is 44.8. The number of aliphatic hydroxyl groups excluding tert-OH is 2. The summed E-state index contributed by atoms with van der Waals surface area (Å²) in [5, 5.41) is 23.1. The van der Waals surface area contributed by atoms with E-state index in [1.54, 1.807) is 6.08 Å². The zero-order valence-electron chi connectivity index (χ0n) is 44.8. The summed E-state index contributed by atoms with van der Waals surface area (Å²) >= 11 is 0. The third kappa shape index (κ3) is 55.1. The average Bonchev–Trinajstić information content (AvgIpc) is 3.35. The van der Waals surface area contributed by atoms with E-state index in [1.807, 2.05) is 6.08 Å². The second-order valence-corrected chi connectivity index (χ2v) is 18.6. The number of carbonyl (C=O) groups is 1. The fourth-order valence-electron chi connectivity index (χ4n) is 7.73. The van der Waals surface area contributed by atoms with E-state index < -0.39 is 12.1 Å². The molecule has 4 heteroatoms. The van der Waals surface area contributed by atoms with E-state index in [0.717, 1.165) is 103 Å². The van der Waals surface area contributed by atoms with Crippen molar-refractivity contribution < 1.29 is 15.0 Å². The van der Waals surface area contributed by atoms with Crippen LogP contribution in [0.3, 0.4) is 0 Å². The monoisotopic (exact) mass is 950 g/mol. The van der Waals surface area contributed by atoms with E-state index in [4.69, 9.17) is 0 Å². The van der Waals surface area contributed by atoms with Gasteiger partial charge in [-0.2, -0.15) is 0 Å². The van der Waals surface area contributed by atoms with Gasteiger partial charge >= 0.3 is 0 Å². The third-order valence-electron chi connectivity index (χ3n) is 12.0. The number of rotatable bonds is 50. The van der Waals surface area contributed by atoms with E-state index in [0.29, 0.717) is 6.42 Å². The van der Waals surface area contributed by atoms with Crippen molar-refractivity contribution in [2.75, 3.05) is 6.61 Å². The molecule has 0 bridgehead atoms. The van der Waals surface area contributed by atoms with Crippen LogP contribution in [-0.4, -0.2) is 34.9 Å². The van der Waals surface area contributed by atoms with Crippen LogP contribution in [0.4, 0.5) is 0 Å². The summed E-state index contributed by atoms with van der Waals surface area (Å²) in [7, 11) is 0. The smallest absolute Gasteiger partial charge is 0.220 e. The van der Waals surface area contributed by atoms with Gasteiger partial charge in [0.2, 0.25) is 5.91 Å². The summed E-state index contributed by atoms with van der Waals surface area (Å²) in [5.74, 6) is -0.0871. The predicted octanol–water partition coefficient (Wildman–Crippen LogP) is 19.2. The van der Waals surface area contributed by atoms with Crippen LogP contribution in [0, 0.1) is 0 Å². The van der Waals surface area contributed by atoms with Crippen LogP contribution in [0.1, 0.15) is 239 Å². The first-order valence-electron chi connectivity index (χ1n) is 28.5. The molecular weight excluding hydrogens is 843 g/mol. The first-order valence-corrected chi connectivity index (χ1v) is 28.5. The summed E-state index contributed by atoms with van der Waals surface area (Å²) in [4.78, 5) is 12.5. The van der Waals surface area contributed by atoms with Crippen LogP contribution in [0.2, 0.25) is 0 Å². The summed E-state index contributed by atoms with van der Waals surface area (Å²) in [5.41, 5.74) is 0. The lowest BCUT2D eigenvalue weighted by molar-refractivity contribution is -0.123. The van der Waals surface area contributed by atoms with Crippen molar-refractivity contribution in [2.45, 2.75) is 251 Å².